The second kappa shape index (κ2) is 19.8. The van der Waals surface area contributed by atoms with Gasteiger partial charge in [-0.05, 0) is 77.3 Å². The average Bonchev–Trinajstić information content (AvgIpc) is 3.03. The van der Waals surface area contributed by atoms with Crippen LogP contribution in [0, 0.1) is 29.1 Å². The molecule has 1 heterocycles. The number of rotatable bonds is 19. The number of hydrogen-bond donors (Lipinski definition) is 5. The molecule has 4 amide bonds. The number of amides is 4. The first kappa shape index (κ1) is 42.7. The molecular weight excluding hydrogens is 642 g/mol. The number of hydrogen-bond acceptors (Lipinski definition) is 9. The number of aliphatic hydroxyl groups excluding tert-OH is 1. The Morgan fingerprint density at radius 1 is 0.960 bits per heavy atom. The fraction of sp³-hybridized carbons (Fsp3) is 0.730. The average molecular weight is 706 g/mol. The van der Waals surface area contributed by atoms with E-state index < -0.39 is 41.1 Å². The number of nitrogens with two attached hydrogens (primary N) is 1. The van der Waals surface area contributed by atoms with Crippen molar-refractivity contribution in [3.63, 3.8) is 0 Å². The second-order valence-corrected chi connectivity index (χ2v) is 15.6. The maximum atomic E-state index is 13.5. The number of alkyl carbamates (subject to hydrolysis) is 1. The highest BCUT2D eigenvalue weighted by Gasteiger charge is 2.34. The van der Waals surface area contributed by atoms with E-state index in [9.17, 15) is 24.3 Å². The van der Waals surface area contributed by atoms with Crippen LogP contribution in [-0.2, 0) is 19.1 Å². The molecule has 13 nitrogen and oxygen atoms in total. The first-order valence-corrected chi connectivity index (χ1v) is 17.9. The van der Waals surface area contributed by atoms with Crippen molar-refractivity contribution in [3.05, 3.63) is 29.8 Å². The van der Waals surface area contributed by atoms with Crippen LogP contribution in [0.15, 0.2) is 24.3 Å². The van der Waals surface area contributed by atoms with Crippen molar-refractivity contribution in [1.29, 1.82) is 0 Å². The van der Waals surface area contributed by atoms with Crippen LogP contribution in [0.5, 0.6) is 5.75 Å². The van der Waals surface area contributed by atoms with Crippen molar-refractivity contribution in [1.82, 2.24) is 20.9 Å². The lowest BCUT2D eigenvalue weighted by Gasteiger charge is -2.33. The van der Waals surface area contributed by atoms with E-state index in [0.29, 0.717) is 37.6 Å². The molecule has 6 N–H and O–H groups in total. The van der Waals surface area contributed by atoms with Gasteiger partial charge in [0.15, 0.2) is 0 Å². The fourth-order valence-corrected chi connectivity index (χ4v) is 5.53. The predicted molar refractivity (Wildman–Crippen MR) is 193 cm³/mol. The summed E-state index contributed by atoms with van der Waals surface area (Å²) in [6.45, 7) is 20.9. The van der Waals surface area contributed by atoms with Crippen molar-refractivity contribution in [2.45, 2.75) is 92.9 Å². The van der Waals surface area contributed by atoms with Crippen LogP contribution in [0.1, 0.15) is 85.5 Å². The fourth-order valence-electron chi connectivity index (χ4n) is 5.53. The number of carbonyl (C=O) groups excluding carboxylic acids is 4. The SMILES string of the molecule is CC(C)[C@@H](CNC(=O)c1ccccc1OCCN1CCOCC1)C[C@H](NC(=O)OC(C)(C)C)[C@@H](O)C[C@H](C(=O)NCC(C)(C)C(N)=O)C(C)C. The zero-order chi connectivity index (χ0) is 37.6. The molecule has 0 unspecified atom stereocenters. The molecule has 2 rings (SSSR count). The molecule has 0 spiro atoms. The molecule has 1 saturated heterocycles. The summed E-state index contributed by atoms with van der Waals surface area (Å²) in [7, 11) is 0. The number of morpholine rings is 1. The molecule has 284 valence electrons. The van der Waals surface area contributed by atoms with Gasteiger partial charge < -0.3 is 41.0 Å². The number of carbonyl (C=O) groups is 4. The van der Waals surface area contributed by atoms with E-state index in [1.807, 2.05) is 33.8 Å². The van der Waals surface area contributed by atoms with E-state index in [1.165, 1.54) is 0 Å². The third-order valence-corrected chi connectivity index (χ3v) is 9.10. The highest BCUT2D eigenvalue weighted by Crippen LogP contribution is 2.26. The van der Waals surface area contributed by atoms with E-state index >= 15 is 0 Å². The van der Waals surface area contributed by atoms with Crippen molar-refractivity contribution >= 4 is 23.8 Å². The number of nitrogens with one attached hydrogen (secondary N) is 3. The van der Waals surface area contributed by atoms with Gasteiger partial charge in [0.25, 0.3) is 5.91 Å². The van der Waals surface area contributed by atoms with Crippen LogP contribution in [0.25, 0.3) is 0 Å². The molecular formula is C37H63N5O8. The van der Waals surface area contributed by atoms with E-state index in [-0.39, 0.29) is 49.1 Å². The Balaban J connectivity index is 2.17. The van der Waals surface area contributed by atoms with Gasteiger partial charge in [0.1, 0.15) is 18.0 Å². The molecule has 1 aliphatic heterocycles. The molecule has 1 aromatic rings. The number of nitrogens with zero attached hydrogens (tertiary/aromatic N) is 1. The van der Waals surface area contributed by atoms with Crippen molar-refractivity contribution in [2.24, 2.45) is 34.8 Å². The monoisotopic (exact) mass is 705 g/mol. The van der Waals surface area contributed by atoms with E-state index in [0.717, 1.165) is 19.6 Å². The van der Waals surface area contributed by atoms with Crippen molar-refractivity contribution < 1.29 is 38.5 Å². The first-order valence-electron chi connectivity index (χ1n) is 17.9. The minimum absolute atomic E-state index is 0.0489. The Labute approximate surface area is 298 Å². The number of para-hydroxylation sites is 1. The Kier molecular flexibility index (Phi) is 17.0. The molecule has 0 aromatic heterocycles. The van der Waals surface area contributed by atoms with Crippen LogP contribution in [0.4, 0.5) is 4.79 Å². The predicted octanol–water partition coefficient (Wildman–Crippen LogP) is 3.33. The van der Waals surface area contributed by atoms with Crippen molar-refractivity contribution in [3.8, 4) is 5.75 Å². The minimum Gasteiger partial charge on any atom is -0.491 e. The van der Waals surface area contributed by atoms with Gasteiger partial charge in [0.05, 0.1) is 36.3 Å². The van der Waals surface area contributed by atoms with E-state index in [1.54, 1.807) is 52.8 Å². The quantitative estimate of drug-likeness (QED) is 0.144. The lowest BCUT2D eigenvalue weighted by molar-refractivity contribution is -0.130. The van der Waals surface area contributed by atoms with Gasteiger partial charge in [-0.1, -0.05) is 39.8 Å². The summed E-state index contributed by atoms with van der Waals surface area (Å²) in [5.41, 5.74) is 4.19. The molecule has 1 aliphatic rings. The first-order chi connectivity index (χ1) is 23.3. The van der Waals surface area contributed by atoms with E-state index in [4.69, 9.17) is 19.9 Å². The molecule has 0 aliphatic carbocycles. The zero-order valence-electron chi connectivity index (χ0n) is 31.7. The van der Waals surface area contributed by atoms with Crippen LogP contribution < -0.4 is 26.4 Å². The van der Waals surface area contributed by atoms with Crippen LogP contribution >= 0.6 is 0 Å². The minimum atomic E-state index is -1.12. The molecule has 0 saturated carbocycles. The molecule has 1 aromatic carbocycles. The Hall–Kier alpha value is -3.42. The maximum Gasteiger partial charge on any atom is 0.407 e. The highest BCUT2D eigenvalue weighted by atomic mass is 16.6. The van der Waals surface area contributed by atoms with Crippen LogP contribution in [0.3, 0.4) is 0 Å². The summed E-state index contributed by atoms with van der Waals surface area (Å²) in [4.78, 5) is 53.8. The summed E-state index contributed by atoms with van der Waals surface area (Å²) in [5.74, 6) is -1.51. The van der Waals surface area contributed by atoms with Gasteiger partial charge in [-0.3, -0.25) is 19.3 Å². The number of ether oxygens (including phenoxy) is 3. The van der Waals surface area contributed by atoms with Crippen LogP contribution in [0.2, 0.25) is 0 Å². The summed E-state index contributed by atoms with van der Waals surface area (Å²) >= 11 is 0. The Morgan fingerprint density at radius 3 is 2.18 bits per heavy atom. The largest absolute Gasteiger partial charge is 0.491 e. The lowest BCUT2D eigenvalue weighted by Crippen LogP contribution is -2.50. The Bertz CT molecular complexity index is 1240. The van der Waals surface area contributed by atoms with Gasteiger partial charge in [0, 0.05) is 38.6 Å². The highest BCUT2D eigenvalue weighted by molar-refractivity contribution is 5.96. The summed E-state index contributed by atoms with van der Waals surface area (Å²) < 4.78 is 17.0. The Morgan fingerprint density at radius 2 is 1.60 bits per heavy atom. The molecule has 0 bridgehead atoms. The standard InChI is InChI=1S/C37H63N5O8/c1-24(2)26(22-39-32(44)27-12-10-11-13-31(27)49-19-16-42-14-17-48-18-15-42)20-29(41-35(47)50-36(5,6)7)30(43)21-28(25(3)4)33(45)40-23-37(8,9)34(38)46/h10-13,24-26,28-30,43H,14-23H2,1-9H3,(H2,38,46)(H,39,44)(H,40,45)(H,41,47)/t26-,28+,29+,30+/m1/s1. The molecule has 0 radical (unpaired) electrons. The van der Waals surface area contributed by atoms with Gasteiger partial charge in [-0.2, -0.15) is 0 Å². The van der Waals surface area contributed by atoms with Gasteiger partial charge >= 0.3 is 6.09 Å². The van der Waals surface area contributed by atoms with Gasteiger partial charge in [0.2, 0.25) is 11.8 Å². The topological polar surface area (TPSA) is 182 Å². The summed E-state index contributed by atoms with van der Waals surface area (Å²) in [5, 5.41) is 20.3. The van der Waals surface area contributed by atoms with Gasteiger partial charge in [-0.25, -0.2) is 4.79 Å². The maximum absolute atomic E-state index is 13.5. The third kappa shape index (κ3) is 14.8. The molecule has 50 heavy (non-hydrogen) atoms. The summed E-state index contributed by atoms with van der Waals surface area (Å²) in [6.07, 6.45) is -1.46. The second-order valence-electron chi connectivity index (χ2n) is 15.6. The van der Waals surface area contributed by atoms with Gasteiger partial charge in [-0.15, -0.1) is 0 Å². The van der Waals surface area contributed by atoms with Crippen LogP contribution in [-0.4, -0.2) is 104 Å². The lowest BCUT2D eigenvalue weighted by atomic mass is 9.82. The van der Waals surface area contributed by atoms with Crippen molar-refractivity contribution in [2.75, 3.05) is 52.5 Å². The number of benzene rings is 1. The molecule has 13 heteroatoms. The number of primary amides is 1. The molecule has 1 fully saturated rings. The third-order valence-electron chi connectivity index (χ3n) is 9.10. The summed E-state index contributed by atoms with van der Waals surface area (Å²) in [6, 6.07) is 6.33. The molecule has 4 atom stereocenters. The number of aliphatic hydroxyl groups is 1. The normalized spacial score (nSPS) is 16.6. The smallest absolute Gasteiger partial charge is 0.407 e. The van der Waals surface area contributed by atoms with E-state index in [2.05, 4.69) is 20.9 Å². The zero-order valence-corrected chi connectivity index (χ0v) is 31.7.